The lowest BCUT2D eigenvalue weighted by molar-refractivity contribution is -0.116. The SMILES string of the molecule is N/C(=N/O)c1ccc(Cl)c(NC(=O)CCC2CCCO2)c1. The number of amides is 1. The second kappa shape index (κ2) is 7.28. The number of carbonyl (C=O) groups excluding carboxylic acids is 1. The molecule has 0 spiro atoms. The van der Waals surface area contributed by atoms with E-state index in [1.165, 1.54) is 0 Å². The molecule has 0 radical (unpaired) electrons. The molecule has 21 heavy (non-hydrogen) atoms. The van der Waals surface area contributed by atoms with E-state index in [2.05, 4.69) is 10.5 Å². The quantitative estimate of drug-likeness (QED) is 0.336. The summed E-state index contributed by atoms with van der Waals surface area (Å²) in [7, 11) is 0. The smallest absolute Gasteiger partial charge is 0.224 e. The van der Waals surface area contributed by atoms with Crippen LogP contribution in [0.25, 0.3) is 0 Å². The number of hydrogen-bond donors (Lipinski definition) is 3. The van der Waals surface area contributed by atoms with Crippen LogP contribution in [0.4, 0.5) is 5.69 Å². The fourth-order valence-corrected chi connectivity index (χ4v) is 2.38. The molecule has 1 aliphatic heterocycles. The maximum atomic E-state index is 11.9. The minimum absolute atomic E-state index is 0.0403. The lowest BCUT2D eigenvalue weighted by Crippen LogP contribution is -2.17. The van der Waals surface area contributed by atoms with Crippen LogP contribution in [-0.4, -0.2) is 29.7 Å². The fourth-order valence-electron chi connectivity index (χ4n) is 2.21. The number of nitrogens with two attached hydrogens (primary N) is 1. The Morgan fingerprint density at radius 2 is 2.38 bits per heavy atom. The highest BCUT2D eigenvalue weighted by atomic mass is 35.5. The van der Waals surface area contributed by atoms with Crippen molar-refractivity contribution in [3.05, 3.63) is 28.8 Å². The van der Waals surface area contributed by atoms with Gasteiger partial charge in [-0.15, -0.1) is 0 Å². The van der Waals surface area contributed by atoms with E-state index < -0.39 is 0 Å². The third kappa shape index (κ3) is 4.34. The highest BCUT2D eigenvalue weighted by Gasteiger charge is 2.17. The standard InChI is InChI=1S/C14H18ClN3O3/c15-11-5-3-9(14(16)18-20)8-12(11)17-13(19)6-4-10-2-1-7-21-10/h3,5,8,10,20H,1-2,4,6-7H2,(H2,16,18)(H,17,19). The van der Waals surface area contributed by atoms with Gasteiger partial charge in [-0.25, -0.2) is 0 Å². The summed E-state index contributed by atoms with van der Waals surface area (Å²) in [5.74, 6) is -0.175. The van der Waals surface area contributed by atoms with Gasteiger partial charge in [0.1, 0.15) is 0 Å². The Kier molecular flexibility index (Phi) is 5.41. The summed E-state index contributed by atoms with van der Waals surface area (Å²) >= 11 is 6.03. The van der Waals surface area contributed by atoms with Gasteiger partial charge >= 0.3 is 0 Å². The molecule has 1 fully saturated rings. The minimum Gasteiger partial charge on any atom is -0.409 e. The monoisotopic (exact) mass is 311 g/mol. The van der Waals surface area contributed by atoms with Gasteiger partial charge in [0.15, 0.2) is 5.84 Å². The van der Waals surface area contributed by atoms with E-state index in [-0.39, 0.29) is 17.8 Å². The molecule has 1 atom stereocenters. The lowest BCUT2D eigenvalue weighted by atomic mass is 10.1. The predicted molar refractivity (Wildman–Crippen MR) is 80.8 cm³/mol. The van der Waals surface area contributed by atoms with Crippen molar-refractivity contribution in [2.75, 3.05) is 11.9 Å². The summed E-state index contributed by atoms with van der Waals surface area (Å²) in [5, 5.41) is 14.7. The molecule has 1 saturated heterocycles. The average Bonchev–Trinajstić information content (AvgIpc) is 3.00. The van der Waals surface area contributed by atoms with Gasteiger partial charge in [-0.2, -0.15) is 0 Å². The Morgan fingerprint density at radius 3 is 3.05 bits per heavy atom. The molecule has 1 aromatic carbocycles. The predicted octanol–water partition coefficient (Wildman–Crippen LogP) is 2.33. The van der Waals surface area contributed by atoms with Crippen LogP contribution in [0.2, 0.25) is 5.02 Å². The van der Waals surface area contributed by atoms with Gasteiger partial charge in [0.2, 0.25) is 5.91 Å². The van der Waals surface area contributed by atoms with Crippen molar-refractivity contribution < 1.29 is 14.7 Å². The van der Waals surface area contributed by atoms with Gasteiger partial charge in [-0.3, -0.25) is 4.79 Å². The number of rotatable bonds is 5. The molecular weight excluding hydrogens is 294 g/mol. The van der Waals surface area contributed by atoms with Crippen molar-refractivity contribution in [3.63, 3.8) is 0 Å². The van der Waals surface area contributed by atoms with Crippen molar-refractivity contribution in [2.45, 2.75) is 31.8 Å². The molecular formula is C14H18ClN3O3. The summed E-state index contributed by atoms with van der Waals surface area (Å²) < 4.78 is 5.48. The van der Waals surface area contributed by atoms with Crippen LogP contribution in [-0.2, 0) is 9.53 Å². The summed E-state index contributed by atoms with van der Waals surface area (Å²) in [6.07, 6.45) is 3.31. The van der Waals surface area contributed by atoms with Crippen molar-refractivity contribution in [2.24, 2.45) is 10.9 Å². The molecule has 4 N–H and O–H groups in total. The average molecular weight is 312 g/mol. The number of carbonyl (C=O) groups is 1. The lowest BCUT2D eigenvalue weighted by Gasteiger charge is -2.11. The Labute approximate surface area is 127 Å². The molecule has 2 rings (SSSR count). The number of anilines is 1. The molecule has 0 aromatic heterocycles. The number of ether oxygens (including phenoxy) is 1. The molecule has 7 heteroatoms. The third-order valence-corrected chi connectivity index (χ3v) is 3.69. The van der Waals surface area contributed by atoms with Crippen molar-refractivity contribution in [3.8, 4) is 0 Å². The number of halogens is 1. The Hall–Kier alpha value is -1.79. The molecule has 6 nitrogen and oxygen atoms in total. The van der Waals surface area contributed by atoms with E-state index in [9.17, 15) is 4.79 Å². The van der Waals surface area contributed by atoms with Gasteiger partial charge < -0.3 is 21.0 Å². The van der Waals surface area contributed by atoms with E-state index in [0.29, 0.717) is 29.1 Å². The topological polar surface area (TPSA) is 96.9 Å². The van der Waals surface area contributed by atoms with Crippen molar-refractivity contribution in [1.29, 1.82) is 0 Å². The van der Waals surface area contributed by atoms with Crippen LogP contribution in [0.3, 0.4) is 0 Å². The maximum absolute atomic E-state index is 11.9. The highest BCUT2D eigenvalue weighted by Crippen LogP contribution is 2.24. The van der Waals surface area contributed by atoms with Crippen LogP contribution in [0.1, 0.15) is 31.2 Å². The molecule has 0 saturated carbocycles. The molecule has 1 aromatic rings. The first kappa shape index (κ1) is 15.6. The van der Waals surface area contributed by atoms with E-state index in [1.807, 2.05) is 0 Å². The zero-order valence-electron chi connectivity index (χ0n) is 11.5. The molecule has 1 amide bonds. The van der Waals surface area contributed by atoms with Gasteiger partial charge in [0.05, 0.1) is 16.8 Å². The van der Waals surface area contributed by atoms with E-state index in [4.69, 9.17) is 27.3 Å². The molecule has 114 valence electrons. The minimum atomic E-state index is -0.135. The summed E-state index contributed by atoms with van der Waals surface area (Å²) in [5.41, 5.74) is 6.44. The second-order valence-electron chi connectivity index (χ2n) is 4.90. The number of hydrogen-bond acceptors (Lipinski definition) is 4. The molecule has 1 unspecified atom stereocenters. The van der Waals surface area contributed by atoms with Crippen LogP contribution >= 0.6 is 11.6 Å². The zero-order chi connectivity index (χ0) is 15.2. The summed E-state index contributed by atoms with van der Waals surface area (Å²) in [6.45, 7) is 0.778. The Balaban J connectivity index is 1.96. The van der Waals surface area contributed by atoms with Crippen LogP contribution in [0.5, 0.6) is 0 Å². The van der Waals surface area contributed by atoms with Gasteiger partial charge in [-0.1, -0.05) is 16.8 Å². The summed E-state index contributed by atoms with van der Waals surface area (Å²) in [4.78, 5) is 11.9. The first-order chi connectivity index (χ1) is 10.1. The Morgan fingerprint density at radius 1 is 1.57 bits per heavy atom. The number of benzene rings is 1. The first-order valence-electron chi connectivity index (χ1n) is 6.79. The number of nitrogens with zero attached hydrogens (tertiary/aromatic N) is 1. The van der Waals surface area contributed by atoms with E-state index in [1.54, 1.807) is 18.2 Å². The third-order valence-electron chi connectivity index (χ3n) is 3.36. The van der Waals surface area contributed by atoms with Gasteiger partial charge in [0, 0.05) is 18.6 Å². The van der Waals surface area contributed by atoms with Crippen molar-refractivity contribution >= 4 is 29.0 Å². The molecule has 1 aliphatic rings. The highest BCUT2D eigenvalue weighted by molar-refractivity contribution is 6.33. The normalized spacial score (nSPS) is 18.7. The van der Waals surface area contributed by atoms with Crippen LogP contribution in [0, 0.1) is 0 Å². The van der Waals surface area contributed by atoms with E-state index >= 15 is 0 Å². The van der Waals surface area contributed by atoms with Crippen LogP contribution in [0.15, 0.2) is 23.4 Å². The Bertz CT molecular complexity index is 542. The summed E-state index contributed by atoms with van der Waals surface area (Å²) in [6, 6.07) is 4.77. The van der Waals surface area contributed by atoms with E-state index in [0.717, 1.165) is 19.4 Å². The molecule has 1 heterocycles. The maximum Gasteiger partial charge on any atom is 0.224 e. The largest absolute Gasteiger partial charge is 0.409 e. The molecule has 0 aliphatic carbocycles. The number of amidine groups is 1. The van der Waals surface area contributed by atoms with Crippen molar-refractivity contribution in [1.82, 2.24) is 0 Å². The van der Waals surface area contributed by atoms with Crippen LogP contribution < -0.4 is 11.1 Å². The zero-order valence-corrected chi connectivity index (χ0v) is 12.3. The first-order valence-corrected chi connectivity index (χ1v) is 7.17. The van der Waals surface area contributed by atoms with Gasteiger partial charge in [0.25, 0.3) is 0 Å². The number of nitrogens with one attached hydrogen (secondary N) is 1. The van der Waals surface area contributed by atoms with Gasteiger partial charge in [-0.05, 0) is 37.5 Å². The molecule has 0 bridgehead atoms. The second-order valence-corrected chi connectivity index (χ2v) is 5.31. The number of oxime groups is 1. The fraction of sp³-hybridized carbons (Fsp3) is 0.429.